The van der Waals surface area contributed by atoms with E-state index in [1.165, 1.54) is 7.11 Å². The summed E-state index contributed by atoms with van der Waals surface area (Å²) in [5, 5.41) is 13.7. The Morgan fingerprint density at radius 2 is 1.90 bits per heavy atom. The quantitative estimate of drug-likeness (QED) is 0.647. The molecule has 112 valence electrons. The number of ether oxygens (including phenoxy) is 2. The van der Waals surface area contributed by atoms with Gasteiger partial charge in [-0.25, -0.2) is 0 Å². The summed E-state index contributed by atoms with van der Waals surface area (Å²) in [7, 11) is 1.54. The minimum atomic E-state index is -0.402. The highest BCUT2D eigenvalue weighted by molar-refractivity contribution is 5.85. The lowest BCUT2D eigenvalue weighted by Crippen LogP contribution is -2.39. The van der Waals surface area contributed by atoms with Crippen molar-refractivity contribution >= 4 is 11.8 Å². The van der Waals surface area contributed by atoms with Crippen LogP contribution in [0.3, 0.4) is 0 Å². The summed E-state index contributed by atoms with van der Waals surface area (Å²) in [5.74, 6) is -0.214. The van der Waals surface area contributed by atoms with E-state index in [0.717, 1.165) is 0 Å². The predicted octanol–water partition coefficient (Wildman–Crippen LogP) is -0.184. The highest BCUT2D eigenvalue weighted by atomic mass is 16.5. The van der Waals surface area contributed by atoms with Crippen molar-refractivity contribution in [2.75, 3.05) is 33.4 Å². The second-order valence-corrected chi connectivity index (χ2v) is 4.04. The second kappa shape index (κ2) is 9.34. The number of carbonyl (C=O) groups excluding carboxylic acids is 2. The first kappa shape index (κ1) is 16.5. The van der Waals surface area contributed by atoms with Gasteiger partial charge in [0.2, 0.25) is 5.91 Å². The van der Waals surface area contributed by atoms with Gasteiger partial charge in [-0.1, -0.05) is 0 Å². The van der Waals surface area contributed by atoms with Gasteiger partial charge in [-0.05, 0) is 24.3 Å². The number of benzene rings is 1. The fraction of sp³-hybridized carbons (Fsp3) is 0.357. The van der Waals surface area contributed by atoms with Crippen LogP contribution >= 0.6 is 0 Å². The summed E-state index contributed by atoms with van der Waals surface area (Å²) in [6, 6.07) is 8.37. The zero-order valence-electron chi connectivity index (χ0n) is 11.7. The minimum absolute atomic E-state index is 0.112. The Morgan fingerprint density at radius 3 is 2.52 bits per heavy atom. The lowest BCUT2D eigenvalue weighted by atomic mass is 10.2. The van der Waals surface area contributed by atoms with Crippen LogP contribution in [0.25, 0.3) is 0 Å². The van der Waals surface area contributed by atoms with E-state index in [9.17, 15) is 9.59 Å². The number of hydrogen-bond acceptors (Lipinski definition) is 5. The van der Waals surface area contributed by atoms with Gasteiger partial charge >= 0.3 is 0 Å². The van der Waals surface area contributed by atoms with E-state index >= 15 is 0 Å². The molecule has 0 bridgehead atoms. The Balaban J connectivity index is 2.21. The minimum Gasteiger partial charge on any atom is -0.484 e. The topological polar surface area (TPSA) is 100 Å². The highest BCUT2D eigenvalue weighted by Gasteiger charge is 2.06. The molecule has 0 saturated carbocycles. The van der Waals surface area contributed by atoms with Crippen molar-refractivity contribution in [1.29, 1.82) is 5.26 Å². The molecule has 0 fully saturated rings. The average Bonchev–Trinajstić information content (AvgIpc) is 2.51. The average molecular weight is 291 g/mol. The van der Waals surface area contributed by atoms with Crippen molar-refractivity contribution in [3.8, 4) is 11.8 Å². The van der Waals surface area contributed by atoms with E-state index in [1.807, 2.05) is 6.07 Å². The normalized spacial score (nSPS) is 9.52. The van der Waals surface area contributed by atoms with Gasteiger partial charge in [0.05, 0.1) is 24.8 Å². The smallest absolute Gasteiger partial charge is 0.258 e. The molecule has 0 saturated heterocycles. The van der Waals surface area contributed by atoms with Crippen LogP contribution in [-0.2, 0) is 14.3 Å². The van der Waals surface area contributed by atoms with E-state index in [0.29, 0.717) is 24.5 Å². The Kier molecular flexibility index (Phi) is 7.32. The van der Waals surface area contributed by atoms with Crippen molar-refractivity contribution in [3.63, 3.8) is 0 Å². The van der Waals surface area contributed by atoms with Crippen LogP contribution in [0.1, 0.15) is 5.56 Å². The fourth-order valence-corrected chi connectivity index (χ4v) is 1.36. The number of rotatable bonds is 8. The maximum Gasteiger partial charge on any atom is 0.258 e. The zero-order chi connectivity index (χ0) is 15.5. The van der Waals surface area contributed by atoms with Gasteiger partial charge in [-0.15, -0.1) is 0 Å². The Labute approximate surface area is 122 Å². The lowest BCUT2D eigenvalue weighted by Gasteiger charge is -2.08. The molecule has 0 aliphatic heterocycles. The number of nitrogens with one attached hydrogen (secondary N) is 2. The summed E-state index contributed by atoms with van der Waals surface area (Å²) in [5.41, 5.74) is 0.513. The summed E-state index contributed by atoms with van der Waals surface area (Å²) in [6.07, 6.45) is 0. The number of amides is 2. The molecule has 1 aromatic carbocycles. The molecule has 21 heavy (non-hydrogen) atoms. The Bertz CT molecular complexity index is 508. The molecular formula is C14H17N3O4. The number of methoxy groups -OCH3 is 1. The van der Waals surface area contributed by atoms with Crippen LogP contribution in [0.4, 0.5) is 0 Å². The molecule has 2 amide bonds. The van der Waals surface area contributed by atoms with Gasteiger partial charge in [-0.3, -0.25) is 9.59 Å². The zero-order valence-corrected chi connectivity index (χ0v) is 11.7. The Hall–Kier alpha value is -2.59. The highest BCUT2D eigenvalue weighted by Crippen LogP contribution is 2.10. The standard InChI is InChI=1S/C14H17N3O4/c1-20-7-6-16-13(18)9-17-14(19)10-21-12-4-2-11(8-15)3-5-12/h2-5H,6-7,9-10H2,1H3,(H,16,18)(H,17,19). The second-order valence-electron chi connectivity index (χ2n) is 4.04. The van der Waals surface area contributed by atoms with Crippen molar-refractivity contribution in [1.82, 2.24) is 10.6 Å². The number of nitrogens with zero attached hydrogens (tertiary/aromatic N) is 1. The van der Waals surface area contributed by atoms with E-state index < -0.39 is 5.91 Å². The monoisotopic (exact) mass is 291 g/mol. The first-order valence-corrected chi connectivity index (χ1v) is 6.31. The molecule has 0 atom stereocenters. The third-order valence-corrected chi connectivity index (χ3v) is 2.43. The molecule has 0 radical (unpaired) electrons. The summed E-state index contributed by atoms with van der Waals surface area (Å²) < 4.78 is 10.0. The van der Waals surface area contributed by atoms with Gasteiger partial charge < -0.3 is 20.1 Å². The fourth-order valence-electron chi connectivity index (χ4n) is 1.36. The largest absolute Gasteiger partial charge is 0.484 e. The maximum absolute atomic E-state index is 11.5. The third kappa shape index (κ3) is 6.94. The molecule has 7 heteroatoms. The SMILES string of the molecule is COCCNC(=O)CNC(=O)COc1ccc(C#N)cc1. The van der Waals surface area contributed by atoms with Crippen molar-refractivity contribution in [2.45, 2.75) is 0 Å². The van der Waals surface area contributed by atoms with Crippen molar-refractivity contribution < 1.29 is 19.1 Å². The number of hydrogen-bond donors (Lipinski definition) is 2. The molecule has 2 N–H and O–H groups in total. The molecule has 0 aliphatic carbocycles. The molecule has 0 unspecified atom stereocenters. The van der Waals surface area contributed by atoms with Crippen LogP contribution in [-0.4, -0.2) is 45.2 Å². The van der Waals surface area contributed by atoms with Gasteiger partial charge in [0.25, 0.3) is 5.91 Å². The van der Waals surface area contributed by atoms with Gasteiger partial charge in [0.15, 0.2) is 6.61 Å². The number of carbonyl (C=O) groups is 2. The first-order chi connectivity index (χ1) is 10.2. The summed E-state index contributed by atoms with van der Waals surface area (Å²) >= 11 is 0. The van der Waals surface area contributed by atoms with E-state index in [1.54, 1.807) is 24.3 Å². The van der Waals surface area contributed by atoms with Gasteiger partial charge in [0.1, 0.15) is 5.75 Å². The van der Waals surface area contributed by atoms with Crippen LogP contribution in [0.15, 0.2) is 24.3 Å². The van der Waals surface area contributed by atoms with Crippen LogP contribution in [0.5, 0.6) is 5.75 Å². The lowest BCUT2D eigenvalue weighted by molar-refractivity contribution is -0.127. The third-order valence-electron chi connectivity index (χ3n) is 2.43. The van der Waals surface area contributed by atoms with Crippen molar-refractivity contribution in [3.05, 3.63) is 29.8 Å². The van der Waals surface area contributed by atoms with E-state index in [-0.39, 0.29) is 19.1 Å². The Morgan fingerprint density at radius 1 is 1.19 bits per heavy atom. The van der Waals surface area contributed by atoms with Crippen LogP contribution in [0.2, 0.25) is 0 Å². The summed E-state index contributed by atoms with van der Waals surface area (Å²) in [6.45, 7) is 0.505. The van der Waals surface area contributed by atoms with Crippen LogP contribution < -0.4 is 15.4 Å². The van der Waals surface area contributed by atoms with Gasteiger partial charge in [0, 0.05) is 13.7 Å². The molecule has 1 aromatic rings. The summed E-state index contributed by atoms with van der Waals surface area (Å²) in [4.78, 5) is 22.8. The molecule has 7 nitrogen and oxygen atoms in total. The molecule has 1 rings (SSSR count). The van der Waals surface area contributed by atoms with E-state index in [4.69, 9.17) is 14.7 Å². The molecule has 0 heterocycles. The molecular weight excluding hydrogens is 274 g/mol. The molecule has 0 spiro atoms. The molecule has 0 aliphatic rings. The van der Waals surface area contributed by atoms with Crippen molar-refractivity contribution in [2.24, 2.45) is 0 Å². The van der Waals surface area contributed by atoms with E-state index in [2.05, 4.69) is 10.6 Å². The number of nitriles is 1. The first-order valence-electron chi connectivity index (χ1n) is 6.31. The van der Waals surface area contributed by atoms with Gasteiger partial charge in [-0.2, -0.15) is 5.26 Å². The maximum atomic E-state index is 11.5. The molecule has 0 aromatic heterocycles. The van der Waals surface area contributed by atoms with Crippen LogP contribution in [0, 0.1) is 11.3 Å². The predicted molar refractivity (Wildman–Crippen MR) is 74.5 cm³/mol.